The van der Waals surface area contributed by atoms with Gasteiger partial charge in [-0.3, -0.25) is 9.69 Å². The number of hydrogen-bond acceptors (Lipinski definition) is 4. The Bertz CT molecular complexity index is 402. The first-order valence-corrected chi connectivity index (χ1v) is 7.57. The van der Waals surface area contributed by atoms with Gasteiger partial charge in [0.05, 0.1) is 10.7 Å². The number of aryl methyl sites for hydroxylation is 1. The largest absolute Gasteiger partial charge is 0.340 e. The molecule has 4 nitrogen and oxygen atoms in total. The summed E-state index contributed by atoms with van der Waals surface area (Å²) in [5, 5.41) is 3.22. The minimum Gasteiger partial charge on any atom is -0.340 e. The van der Waals surface area contributed by atoms with Gasteiger partial charge in [0.15, 0.2) is 0 Å². The van der Waals surface area contributed by atoms with E-state index in [9.17, 15) is 4.79 Å². The smallest absolute Gasteiger partial charge is 0.223 e. The van der Waals surface area contributed by atoms with E-state index in [1.54, 1.807) is 11.3 Å². The minimum atomic E-state index is 0.175. The number of nitrogens with zero attached hydrogens (tertiary/aromatic N) is 3. The summed E-state index contributed by atoms with van der Waals surface area (Å²) in [5.74, 6) is 0.589. The molecule has 100 valence electrons. The van der Waals surface area contributed by atoms with E-state index in [-0.39, 0.29) is 5.91 Å². The van der Waals surface area contributed by atoms with Crippen LogP contribution in [-0.4, -0.2) is 52.8 Å². The summed E-state index contributed by atoms with van der Waals surface area (Å²) in [4.78, 5) is 20.4. The number of halogens is 1. The third-order valence-electron chi connectivity index (χ3n) is 3.09. The zero-order chi connectivity index (χ0) is 13.0. The van der Waals surface area contributed by atoms with E-state index in [4.69, 9.17) is 11.6 Å². The van der Waals surface area contributed by atoms with Crippen LogP contribution < -0.4 is 0 Å². The Morgan fingerprint density at radius 3 is 2.72 bits per heavy atom. The van der Waals surface area contributed by atoms with Crippen LogP contribution in [0.4, 0.5) is 0 Å². The maximum atomic E-state index is 11.7. The molecule has 18 heavy (non-hydrogen) atoms. The number of aromatic nitrogens is 1. The van der Waals surface area contributed by atoms with Gasteiger partial charge in [0.1, 0.15) is 0 Å². The second-order valence-corrected chi connectivity index (χ2v) is 5.89. The number of carbonyl (C=O) groups excluding carboxylic acids is 1. The molecule has 1 aromatic heterocycles. The van der Waals surface area contributed by atoms with E-state index in [1.807, 2.05) is 11.8 Å². The lowest BCUT2D eigenvalue weighted by molar-refractivity contribution is -0.132. The lowest BCUT2D eigenvalue weighted by Crippen LogP contribution is -2.48. The molecule has 0 unspecified atom stereocenters. The van der Waals surface area contributed by atoms with Gasteiger partial charge in [-0.25, -0.2) is 4.98 Å². The van der Waals surface area contributed by atoms with E-state index in [0.717, 1.165) is 43.4 Å². The first-order chi connectivity index (χ1) is 8.69. The monoisotopic (exact) mass is 287 g/mol. The van der Waals surface area contributed by atoms with E-state index in [0.29, 0.717) is 12.3 Å². The number of alkyl halides is 1. The van der Waals surface area contributed by atoms with Crippen molar-refractivity contribution in [2.75, 3.05) is 32.1 Å². The Morgan fingerprint density at radius 1 is 1.44 bits per heavy atom. The number of hydrogen-bond donors (Lipinski definition) is 0. The average Bonchev–Trinajstić information content (AvgIpc) is 2.76. The van der Waals surface area contributed by atoms with Crippen molar-refractivity contribution in [3.63, 3.8) is 0 Å². The molecule has 0 saturated carbocycles. The zero-order valence-corrected chi connectivity index (χ0v) is 12.1. The van der Waals surface area contributed by atoms with Gasteiger partial charge in [-0.2, -0.15) is 0 Å². The summed E-state index contributed by atoms with van der Waals surface area (Å²) in [6, 6.07) is 0. The first kappa shape index (κ1) is 13.8. The van der Waals surface area contributed by atoms with Crippen molar-refractivity contribution in [1.29, 1.82) is 0 Å². The summed E-state index contributed by atoms with van der Waals surface area (Å²) >= 11 is 7.28. The number of piperazine rings is 1. The average molecular weight is 288 g/mol. The molecule has 0 bridgehead atoms. The van der Waals surface area contributed by atoms with Crippen LogP contribution in [0.15, 0.2) is 5.38 Å². The first-order valence-electron chi connectivity index (χ1n) is 6.16. The molecule has 1 aliphatic heterocycles. The van der Waals surface area contributed by atoms with Crippen LogP contribution in [0.1, 0.15) is 17.1 Å². The fraction of sp³-hybridized carbons (Fsp3) is 0.667. The van der Waals surface area contributed by atoms with Gasteiger partial charge in [0.25, 0.3) is 0 Å². The molecule has 0 radical (unpaired) electrons. The third-order valence-corrected chi connectivity index (χ3v) is 4.10. The molecule has 1 aliphatic rings. The van der Waals surface area contributed by atoms with E-state index in [2.05, 4.69) is 15.3 Å². The molecule has 0 spiro atoms. The number of thiazole rings is 1. The molecule has 1 amide bonds. The van der Waals surface area contributed by atoms with Crippen molar-refractivity contribution < 1.29 is 4.79 Å². The molecule has 2 heterocycles. The summed E-state index contributed by atoms with van der Waals surface area (Å²) in [5.41, 5.74) is 1.14. The molecule has 0 atom stereocenters. The van der Waals surface area contributed by atoms with Gasteiger partial charge in [0, 0.05) is 50.4 Å². The van der Waals surface area contributed by atoms with Crippen LogP contribution in [0.3, 0.4) is 0 Å². The van der Waals surface area contributed by atoms with Gasteiger partial charge in [-0.05, 0) is 6.92 Å². The summed E-state index contributed by atoms with van der Waals surface area (Å²) in [6.45, 7) is 6.37. The minimum absolute atomic E-state index is 0.175. The predicted molar refractivity (Wildman–Crippen MR) is 74.0 cm³/mol. The molecule has 6 heteroatoms. The maximum Gasteiger partial charge on any atom is 0.223 e. The Kier molecular flexibility index (Phi) is 4.97. The van der Waals surface area contributed by atoms with Crippen molar-refractivity contribution in [2.24, 2.45) is 0 Å². The highest BCUT2D eigenvalue weighted by molar-refractivity contribution is 7.09. The quantitative estimate of drug-likeness (QED) is 0.791. The number of amides is 1. The molecule has 1 saturated heterocycles. The molecule has 0 N–H and O–H groups in total. The van der Waals surface area contributed by atoms with Crippen LogP contribution in [0.5, 0.6) is 0 Å². The molecular formula is C12H18ClN3OS. The Hall–Kier alpha value is -0.650. The van der Waals surface area contributed by atoms with Gasteiger partial charge >= 0.3 is 0 Å². The predicted octanol–water partition coefficient (Wildman–Crippen LogP) is 1.72. The lowest BCUT2D eigenvalue weighted by Gasteiger charge is -2.34. The highest BCUT2D eigenvalue weighted by Gasteiger charge is 2.20. The molecule has 1 fully saturated rings. The van der Waals surface area contributed by atoms with Gasteiger partial charge in [0.2, 0.25) is 5.91 Å². The van der Waals surface area contributed by atoms with E-state index >= 15 is 0 Å². The van der Waals surface area contributed by atoms with Crippen LogP contribution in [0, 0.1) is 6.92 Å². The summed E-state index contributed by atoms with van der Waals surface area (Å²) in [7, 11) is 0. The second-order valence-electron chi connectivity index (χ2n) is 4.45. The molecule has 0 aliphatic carbocycles. The Balaban J connectivity index is 1.78. The number of rotatable bonds is 4. The fourth-order valence-corrected chi connectivity index (χ4v) is 2.87. The highest BCUT2D eigenvalue weighted by atomic mass is 35.5. The van der Waals surface area contributed by atoms with Crippen molar-refractivity contribution in [3.05, 3.63) is 16.1 Å². The molecule has 2 rings (SSSR count). The van der Waals surface area contributed by atoms with E-state index in [1.165, 1.54) is 0 Å². The van der Waals surface area contributed by atoms with Crippen molar-refractivity contribution in [3.8, 4) is 0 Å². The van der Waals surface area contributed by atoms with Crippen molar-refractivity contribution >= 4 is 28.8 Å². The van der Waals surface area contributed by atoms with Crippen LogP contribution >= 0.6 is 22.9 Å². The van der Waals surface area contributed by atoms with Crippen molar-refractivity contribution in [1.82, 2.24) is 14.8 Å². The van der Waals surface area contributed by atoms with Crippen LogP contribution in [-0.2, 0) is 11.3 Å². The topological polar surface area (TPSA) is 36.4 Å². The second kappa shape index (κ2) is 6.50. The van der Waals surface area contributed by atoms with Gasteiger partial charge < -0.3 is 4.90 Å². The number of carbonyl (C=O) groups is 1. The zero-order valence-electron chi connectivity index (χ0n) is 10.6. The van der Waals surface area contributed by atoms with Crippen molar-refractivity contribution in [2.45, 2.75) is 19.9 Å². The molecule has 1 aromatic rings. The van der Waals surface area contributed by atoms with Crippen LogP contribution in [0.2, 0.25) is 0 Å². The summed E-state index contributed by atoms with van der Waals surface area (Å²) < 4.78 is 0. The lowest BCUT2D eigenvalue weighted by atomic mass is 10.2. The molecule has 0 aromatic carbocycles. The van der Waals surface area contributed by atoms with Crippen LogP contribution in [0.25, 0.3) is 0 Å². The Labute approximate surface area is 117 Å². The van der Waals surface area contributed by atoms with E-state index < -0.39 is 0 Å². The Morgan fingerprint density at radius 2 is 2.17 bits per heavy atom. The standard InChI is InChI=1S/C12H18ClN3OS/c1-10-14-11(9-18-10)8-15-4-6-16(7-5-15)12(17)2-3-13/h9H,2-8H2,1H3. The normalized spacial score (nSPS) is 17.1. The fourth-order valence-electron chi connectivity index (χ4n) is 2.10. The SMILES string of the molecule is Cc1nc(CN2CCN(C(=O)CCCl)CC2)cs1. The third kappa shape index (κ3) is 3.67. The highest BCUT2D eigenvalue weighted by Crippen LogP contribution is 2.12. The van der Waals surface area contributed by atoms with Gasteiger partial charge in [-0.1, -0.05) is 0 Å². The summed E-state index contributed by atoms with van der Waals surface area (Å²) in [6.07, 6.45) is 0.451. The molecular weight excluding hydrogens is 270 g/mol. The maximum absolute atomic E-state index is 11.7. The van der Waals surface area contributed by atoms with Gasteiger partial charge in [-0.15, -0.1) is 22.9 Å².